The second kappa shape index (κ2) is 6.22. The Kier molecular flexibility index (Phi) is 4.89. The topological polar surface area (TPSA) is 92.5 Å². The van der Waals surface area contributed by atoms with Crippen LogP contribution in [0.25, 0.3) is 0 Å². The van der Waals surface area contributed by atoms with E-state index in [4.69, 9.17) is 5.11 Å². The van der Waals surface area contributed by atoms with Crippen molar-refractivity contribution in [2.75, 3.05) is 11.9 Å². The SMILES string of the molecule is O=C(O)CCCNc1ccc([N+](=O)[O-])cc1C(F)(F)F. The number of anilines is 1. The van der Waals surface area contributed by atoms with Crippen LogP contribution < -0.4 is 5.32 Å². The zero-order valence-corrected chi connectivity index (χ0v) is 10.1. The number of carboxylic acid groups (broad SMARTS) is 1. The molecule has 1 rings (SSSR count). The third kappa shape index (κ3) is 4.41. The van der Waals surface area contributed by atoms with Crippen molar-refractivity contribution in [2.24, 2.45) is 0 Å². The number of benzene rings is 1. The highest BCUT2D eigenvalue weighted by molar-refractivity contribution is 5.66. The van der Waals surface area contributed by atoms with Gasteiger partial charge in [-0.25, -0.2) is 0 Å². The van der Waals surface area contributed by atoms with E-state index >= 15 is 0 Å². The first-order valence-corrected chi connectivity index (χ1v) is 5.53. The lowest BCUT2D eigenvalue weighted by Crippen LogP contribution is -2.12. The van der Waals surface area contributed by atoms with Crippen LogP contribution in [0.1, 0.15) is 18.4 Å². The first-order valence-electron chi connectivity index (χ1n) is 5.53. The van der Waals surface area contributed by atoms with Crippen LogP contribution in [0.5, 0.6) is 0 Å². The van der Waals surface area contributed by atoms with Crippen molar-refractivity contribution < 1.29 is 28.0 Å². The average Bonchev–Trinajstić information content (AvgIpc) is 2.33. The minimum atomic E-state index is -4.73. The lowest BCUT2D eigenvalue weighted by molar-refractivity contribution is -0.385. The lowest BCUT2D eigenvalue weighted by atomic mass is 10.1. The van der Waals surface area contributed by atoms with Crippen LogP contribution in [-0.2, 0) is 11.0 Å². The van der Waals surface area contributed by atoms with Gasteiger partial charge in [-0.2, -0.15) is 13.2 Å². The smallest absolute Gasteiger partial charge is 0.418 e. The second-order valence-electron chi connectivity index (χ2n) is 3.91. The summed E-state index contributed by atoms with van der Waals surface area (Å²) in [5.41, 5.74) is -2.12. The van der Waals surface area contributed by atoms with Crippen molar-refractivity contribution in [3.8, 4) is 0 Å². The maximum Gasteiger partial charge on any atom is 0.418 e. The van der Waals surface area contributed by atoms with Crippen molar-refractivity contribution in [3.05, 3.63) is 33.9 Å². The van der Waals surface area contributed by atoms with Gasteiger partial charge in [0.25, 0.3) is 5.69 Å². The number of aliphatic carboxylic acids is 1. The molecule has 9 heteroatoms. The molecular formula is C11H11F3N2O4. The Morgan fingerprint density at radius 1 is 1.40 bits per heavy atom. The van der Waals surface area contributed by atoms with Crippen LogP contribution in [0.3, 0.4) is 0 Å². The molecule has 0 aliphatic rings. The summed E-state index contributed by atoms with van der Waals surface area (Å²) in [7, 11) is 0. The Bertz CT molecular complexity index is 517. The number of nitro groups is 1. The number of nitrogens with zero attached hydrogens (tertiary/aromatic N) is 1. The van der Waals surface area contributed by atoms with Gasteiger partial charge < -0.3 is 10.4 Å². The summed E-state index contributed by atoms with van der Waals surface area (Å²) >= 11 is 0. The van der Waals surface area contributed by atoms with Crippen LogP contribution in [0.4, 0.5) is 24.5 Å². The minimum absolute atomic E-state index is 0.0210. The van der Waals surface area contributed by atoms with Crippen LogP contribution in [0.2, 0.25) is 0 Å². The van der Waals surface area contributed by atoms with Gasteiger partial charge in [0.05, 0.1) is 10.5 Å². The first kappa shape index (κ1) is 15.7. The Hall–Kier alpha value is -2.32. The number of carbonyl (C=O) groups is 1. The third-order valence-corrected chi connectivity index (χ3v) is 2.40. The van der Waals surface area contributed by atoms with Crippen molar-refractivity contribution >= 4 is 17.3 Å². The summed E-state index contributed by atoms with van der Waals surface area (Å²) in [6, 6.07) is 2.36. The molecule has 0 spiro atoms. The van der Waals surface area contributed by atoms with Gasteiger partial charge in [0.15, 0.2) is 0 Å². The molecule has 6 nitrogen and oxygen atoms in total. The van der Waals surface area contributed by atoms with Crippen molar-refractivity contribution in [1.29, 1.82) is 0 Å². The Morgan fingerprint density at radius 2 is 2.05 bits per heavy atom. The molecule has 1 aromatic carbocycles. The molecule has 0 saturated heterocycles. The molecule has 0 amide bonds. The van der Waals surface area contributed by atoms with E-state index in [1.165, 1.54) is 0 Å². The summed E-state index contributed by atoms with van der Waals surface area (Å²) in [4.78, 5) is 19.8. The zero-order chi connectivity index (χ0) is 15.3. The molecule has 0 heterocycles. The number of hydrogen-bond donors (Lipinski definition) is 2. The molecule has 0 radical (unpaired) electrons. The molecule has 110 valence electrons. The molecule has 0 aliphatic heterocycles. The zero-order valence-electron chi connectivity index (χ0n) is 10.1. The summed E-state index contributed by atoms with van der Waals surface area (Å²) in [5.74, 6) is -1.05. The number of nitro benzene ring substituents is 1. The van der Waals surface area contributed by atoms with Crippen molar-refractivity contribution in [3.63, 3.8) is 0 Å². The molecule has 1 aromatic rings. The predicted octanol–water partition coefficient (Wildman–Crippen LogP) is 2.89. The van der Waals surface area contributed by atoms with Crippen molar-refractivity contribution in [2.45, 2.75) is 19.0 Å². The molecule has 0 unspecified atom stereocenters. The number of alkyl halides is 3. The van der Waals surface area contributed by atoms with Crippen LogP contribution in [0, 0.1) is 10.1 Å². The number of rotatable bonds is 6. The highest BCUT2D eigenvalue weighted by Crippen LogP contribution is 2.37. The standard InChI is InChI=1S/C11H11F3N2O4/c12-11(13,14)8-6-7(16(19)20)3-4-9(8)15-5-1-2-10(17)18/h3-4,6,15H,1-2,5H2,(H,17,18). The molecule has 0 bridgehead atoms. The van der Waals surface area contributed by atoms with E-state index in [9.17, 15) is 28.1 Å². The number of halogens is 3. The summed E-state index contributed by atoms with van der Waals surface area (Å²) in [6.07, 6.45) is -4.77. The fraction of sp³-hybridized carbons (Fsp3) is 0.364. The van der Waals surface area contributed by atoms with E-state index in [1.807, 2.05) is 0 Å². The minimum Gasteiger partial charge on any atom is -0.481 e. The van der Waals surface area contributed by atoms with Crippen LogP contribution in [-0.4, -0.2) is 22.5 Å². The average molecular weight is 292 g/mol. The largest absolute Gasteiger partial charge is 0.481 e. The maximum atomic E-state index is 12.8. The van der Waals surface area contributed by atoms with Gasteiger partial charge in [-0.15, -0.1) is 0 Å². The van der Waals surface area contributed by atoms with Gasteiger partial charge in [0.2, 0.25) is 0 Å². The number of hydrogen-bond acceptors (Lipinski definition) is 4. The molecule has 0 aromatic heterocycles. The predicted molar refractivity (Wildman–Crippen MR) is 63.5 cm³/mol. The van der Waals surface area contributed by atoms with E-state index < -0.39 is 28.3 Å². The molecule has 2 N–H and O–H groups in total. The molecule has 0 saturated carbocycles. The van der Waals surface area contributed by atoms with Crippen LogP contribution in [0.15, 0.2) is 18.2 Å². The third-order valence-electron chi connectivity index (χ3n) is 2.40. The van der Waals surface area contributed by atoms with Gasteiger partial charge >= 0.3 is 12.1 Å². The molecular weight excluding hydrogens is 281 g/mol. The van der Waals surface area contributed by atoms with Gasteiger partial charge in [0.1, 0.15) is 0 Å². The second-order valence-corrected chi connectivity index (χ2v) is 3.91. The van der Waals surface area contributed by atoms with E-state index in [0.29, 0.717) is 6.07 Å². The van der Waals surface area contributed by atoms with Crippen LogP contribution >= 0.6 is 0 Å². The molecule has 0 fully saturated rings. The Labute approximate surface area is 111 Å². The van der Waals surface area contributed by atoms with Gasteiger partial charge in [0, 0.05) is 30.8 Å². The Morgan fingerprint density at radius 3 is 2.55 bits per heavy atom. The first-order chi connectivity index (χ1) is 9.21. The summed E-state index contributed by atoms with van der Waals surface area (Å²) in [5, 5.41) is 21.3. The van der Waals surface area contributed by atoms with Gasteiger partial charge in [-0.3, -0.25) is 14.9 Å². The van der Waals surface area contributed by atoms with Gasteiger partial charge in [-0.05, 0) is 12.5 Å². The normalized spacial score (nSPS) is 11.2. The fourth-order valence-electron chi connectivity index (χ4n) is 1.50. The monoisotopic (exact) mass is 292 g/mol. The molecule has 20 heavy (non-hydrogen) atoms. The highest BCUT2D eigenvalue weighted by Gasteiger charge is 2.35. The van der Waals surface area contributed by atoms with E-state index in [0.717, 1.165) is 12.1 Å². The molecule has 0 aliphatic carbocycles. The van der Waals surface area contributed by atoms with Gasteiger partial charge in [-0.1, -0.05) is 0 Å². The molecule has 0 atom stereocenters. The van der Waals surface area contributed by atoms with Crippen molar-refractivity contribution in [1.82, 2.24) is 0 Å². The van der Waals surface area contributed by atoms with E-state index in [2.05, 4.69) is 5.32 Å². The lowest BCUT2D eigenvalue weighted by Gasteiger charge is -2.14. The quantitative estimate of drug-likeness (QED) is 0.478. The van der Waals surface area contributed by atoms with E-state index in [1.54, 1.807) is 0 Å². The summed E-state index contributed by atoms with van der Waals surface area (Å²) in [6.45, 7) is 0.0210. The summed E-state index contributed by atoms with van der Waals surface area (Å²) < 4.78 is 38.3. The number of non-ortho nitro benzene ring substituents is 1. The fourth-order valence-corrected chi connectivity index (χ4v) is 1.50. The maximum absolute atomic E-state index is 12.8. The number of nitrogens with one attached hydrogen (secondary N) is 1. The Balaban J connectivity index is 2.89. The van der Waals surface area contributed by atoms with E-state index in [-0.39, 0.29) is 25.1 Å². The number of carboxylic acids is 1. The highest BCUT2D eigenvalue weighted by atomic mass is 19.4.